The smallest absolute Gasteiger partial charge is 0.265 e. The first-order valence-electron chi connectivity index (χ1n) is 4.99. The van der Waals surface area contributed by atoms with Gasteiger partial charge in [-0.1, -0.05) is 29.5 Å². The minimum Gasteiger partial charge on any atom is -0.265 e. The molecule has 0 atom stereocenters. The largest absolute Gasteiger partial charge is 0.308 e. The van der Waals surface area contributed by atoms with Crippen molar-refractivity contribution in [2.24, 2.45) is 0 Å². The molecule has 2 nitrogen and oxygen atoms in total. The molecule has 2 aromatic rings. The summed E-state index contributed by atoms with van der Waals surface area (Å²) in [5.41, 5.74) is 3.02. The molecule has 0 saturated heterocycles. The van der Waals surface area contributed by atoms with Gasteiger partial charge >= 0.3 is 6.07 Å². The maximum absolute atomic E-state index is 6.98. The number of hydrogen-bond donors (Lipinski definition) is 1. The normalized spacial score (nSPS) is 10.2. The molecule has 16 heavy (non-hydrogen) atoms. The van der Waals surface area contributed by atoms with Gasteiger partial charge in [-0.2, -0.15) is 0 Å². The van der Waals surface area contributed by atoms with Crippen LogP contribution in [0.1, 0.15) is 16.7 Å². The van der Waals surface area contributed by atoms with Crippen molar-refractivity contribution in [2.45, 2.75) is 0 Å². The third-order valence-electron chi connectivity index (χ3n) is 2.23. The fourth-order valence-electron chi connectivity index (χ4n) is 1.34. The predicted molar refractivity (Wildman–Crippen MR) is 63.6 cm³/mol. The lowest BCUT2D eigenvalue weighted by molar-refractivity contribution is -0.0909. The third kappa shape index (κ3) is 2.55. The van der Waals surface area contributed by atoms with Crippen LogP contribution in [-0.2, 0) is 0 Å². The summed E-state index contributed by atoms with van der Waals surface area (Å²) in [5.74, 6) is 0. The van der Waals surface area contributed by atoms with E-state index in [0.29, 0.717) is 0 Å². The average molecular weight is 207 g/mol. The number of nitrogens with zero attached hydrogens (tertiary/aromatic N) is 1. The molecule has 0 bridgehead atoms. The van der Waals surface area contributed by atoms with E-state index in [-0.39, 0.29) is 0 Å². The molecule has 76 valence electrons. The number of rotatable bonds is 2. The highest BCUT2D eigenvalue weighted by Crippen LogP contribution is 2.08. The fraction of sp³-hybridized carbons (Fsp3) is 0. The van der Waals surface area contributed by atoms with Crippen LogP contribution in [0.3, 0.4) is 0 Å². The lowest BCUT2D eigenvalue weighted by atomic mass is 10.1. The van der Waals surface area contributed by atoms with Crippen LogP contribution in [-0.4, -0.2) is 4.98 Å². The van der Waals surface area contributed by atoms with Crippen LogP contribution in [0, 0.1) is 6.07 Å². The first kappa shape index (κ1) is 10.1. The highest BCUT2D eigenvalue weighted by atomic mass is 14.6. The van der Waals surface area contributed by atoms with E-state index in [1.807, 2.05) is 48.6 Å². The zero-order chi connectivity index (χ0) is 11.2. The Morgan fingerprint density at radius 2 is 1.44 bits per heavy atom. The maximum atomic E-state index is 6.98. The van der Waals surface area contributed by atoms with Gasteiger partial charge in [0.05, 0.1) is 0 Å². The second-order valence-electron chi connectivity index (χ2n) is 3.36. The van der Waals surface area contributed by atoms with Crippen molar-refractivity contribution >= 4 is 12.2 Å². The van der Waals surface area contributed by atoms with Gasteiger partial charge in [0.1, 0.15) is 5.56 Å². The summed E-state index contributed by atoms with van der Waals surface area (Å²) in [6, 6.07) is 13.9. The van der Waals surface area contributed by atoms with Crippen LogP contribution in [0.5, 0.6) is 0 Å². The first-order chi connectivity index (χ1) is 7.88. The molecule has 2 rings (SSSR count). The molecule has 1 aromatic carbocycles. The van der Waals surface area contributed by atoms with E-state index in [0.717, 1.165) is 16.7 Å². The quantitative estimate of drug-likeness (QED) is 0.793. The van der Waals surface area contributed by atoms with Crippen molar-refractivity contribution in [1.82, 2.24) is 4.98 Å². The Bertz CT molecular complexity index is 519. The van der Waals surface area contributed by atoms with Crippen molar-refractivity contribution in [1.29, 1.82) is 0 Å². The fourth-order valence-corrected chi connectivity index (χ4v) is 1.34. The SMILES string of the molecule is [NH+]#Cc1ccc(/C=C\c2ccncc2)cc1. The summed E-state index contributed by atoms with van der Waals surface area (Å²) in [7, 11) is 0. The number of hydrogen-bond acceptors (Lipinski definition) is 1. The number of aromatic nitrogens is 1. The topological polar surface area (TPSA) is 36.7 Å². The van der Waals surface area contributed by atoms with Crippen LogP contribution in [0.15, 0.2) is 48.8 Å². The van der Waals surface area contributed by atoms with Gasteiger partial charge in [-0.25, -0.2) is 0 Å². The van der Waals surface area contributed by atoms with Crippen LogP contribution in [0.25, 0.3) is 12.2 Å². The van der Waals surface area contributed by atoms with E-state index in [1.54, 1.807) is 12.4 Å². The lowest BCUT2D eigenvalue weighted by Crippen LogP contribution is -2.17. The Labute approximate surface area is 94.5 Å². The Morgan fingerprint density at radius 1 is 0.875 bits per heavy atom. The molecule has 0 fully saturated rings. The molecule has 0 spiro atoms. The molecule has 1 aromatic heterocycles. The summed E-state index contributed by atoms with van der Waals surface area (Å²) in [6.45, 7) is 0. The average Bonchev–Trinajstić information content (AvgIpc) is 2.38. The van der Waals surface area contributed by atoms with Gasteiger partial charge in [-0.3, -0.25) is 4.98 Å². The van der Waals surface area contributed by atoms with Gasteiger partial charge < -0.3 is 0 Å². The zero-order valence-corrected chi connectivity index (χ0v) is 8.72. The van der Waals surface area contributed by atoms with Gasteiger partial charge in [-0.05, 0) is 35.4 Å². The maximum Gasteiger partial charge on any atom is 0.308 e. The van der Waals surface area contributed by atoms with E-state index < -0.39 is 0 Å². The molecule has 0 saturated carbocycles. The molecule has 0 radical (unpaired) electrons. The molecule has 0 unspecified atom stereocenters. The van der Waals surface area contributed by atoms with Crippen molar-refractivity contribution in [3.8, 4) is 6.07 Å². The molecular weight excluding hydrogens is 196 g/mol. The van der Waals surface area contributed by atoms with Crippen LogP contribution in [0.4, 0.5) is 0 Å². The lowest BCUT2D eigenvalue weighted by Gasteiger charge is -1.93. The van der Waals surface area contributed by atoms with E-state index in [1.165, 1.54) is 0 Å². The monoisotopic (exact) mass is 207 g/mol. The second-order valence-corrected chi connectivity index (χ2v) is 3.36. The molecule has 0 amide bonds. The van der Waals surface area contributed by atoms with Gasteiger partial charge in [0.25, 0.3) is 0 Å². The van der Waals surface area contributed by atoms with E-state index in [9.17, 15) is 0 Å². The molecule has 0 aliphatic heterocycles. The Morgan fingerprint density at radius 3 is 2.00 bits per heavy atom. The molecule has 0 aliphatic rings. The number of benzene rings is 1. The summed E-state index contributed by atoms with van der Waals surface area (Å²) < 4.78 is 0. The summed E-state index contributed by atoms with van der Waals surface area (Å²) in [4.78, 5) is 3.96. The summed E-state index contributed by atoms with van der Waals surface area (Å²) in [6.07, 6.45) is 7.60. The van der Waals surface area contributed by atoms with Crippen molar-refractivity contribution < 1.29 is 5.26 Å². The number of nitrogens with one attached hydrogen (secondary N) is 1. The molecule has 1 heterocycles. The van der Waals surface area contributed by atoms with Gasteiger partial charge in [-0.15, -0.1) is 0 Å². The Hall–Kier alpha value is -2.40. The minimum absolute atomic E-state index is 0.793. The third-order valence-corrected chi connectivity index (χ3v) is 2.23. The van der Waals surface area contributed by atoms with E-state index in [4.69, 9.17) is 5.26 Å². The first-order valence-corrected chi connectivity index (χ1v) is 4.99. The predicted octanol–water partition coefficient (Wildman–Crippen LogP) is 1.37. The van der Waals surface area contributed by atoms with Crippen molar-refractivity contribution in [3.63, 3.8) is 0 Å². The number of pyridine rings is 1. The highest BCUT2D eigenvalue weighted by Gasteiger charge is 1.92. The highest BCUT2D eigenvalue weighted by molar-refractivity contribution is 5.69. The Kier molecular flexibility index (Phi) is 3.10. The summed E-state index contributed by atoms with van der Waals surface area (Å²) >= 11 is 0. The van der Waals surface area contributed by atoms with Gasteiger partial charge in [0, 0.05) is 12.4 Å². The molecule has 0 aliphatic carbocycles. The second kappa shape index (κ2) is 4.90. The van der Waals surface area contributed by atoms with E-state index in [2.05, 4.69) is 11.1 Å². The zero-order valence-electron chi connectivity index (χ0n) is 8.72. The van der Waals surface area contributed by atoms with Gasteiger partial charge in [0.2, 0.25) is 0 Å². The van der Waals surface area contributed by atoms with Crippen molar-refractivity contribution in [2.75, 3.05) is 0 Å². The molecular formula is C14H11N2+. The molecule has 1 N–H and O–H groups in total. The van der Waals surface area contributed by atoms with E-state index >= 15 is 0 Å². The van der Waals surface area contributed by atoms with Crippen molar-refractivity contribution in [3.05, 3.63) is 65.5 Å². The van der Waals surface area contributed by atoms with Crippen LogP contribution < -0.4 is 5.26 Å². The van der Waals surface area contributed by atoms with Crippen LogP contribution >= 0.6 is 0 Å². The Balaban J connectivity index is 2.15. The minimum atomic E-state index is 0.793. The summed E-state index contributed by atoms with van der Waals surface area (Å²) in [5, 5.41) is 6.98. The standard InChI is InChI=1S/C14H10N2/c15-11-14-5-3-12(4-6-14)1-2-13-7-9-16-10-8-13/h1-10H/p+1/b2-1-. The molecule has 2 heteroatoms. The van der Waals surface area contributed by atoms with Crippen LogP contribution in [0.2, 0.25) is 0 Å². The van der Waals surface area contributed by atoms with Gasteiger partial charge in [0.15, 0.2) is 0 Å².